The average molecular weight is 317 g/mol. The van der Waals surface area contributed by atoms with Crippen LogP contribution in [0.3, 0.4) is 0 Å². The number of non-ortho nitro benzene ring substituents is 1. The molecule has 1 aromatic heterocycles. The molecule has 0 unspecified atom stereocenters. The third-order valence-electron chi connectivity index (χ3n) is 3.37. The highest BCUT2D eigenvalue weighted by Gasteiger charge is 2.21. The Balaban J connectivity index is 2.34. The standard InChI is InChI=1S/C15H19N5O3/c1-10(2)9-18(4)15(21)14-11(3)19(17-16-14)12-6-5-7-13(8-12)20(22)23/h5-8,10H,9H2,1-4H3. The largest absolute Gasteiger partial charge is 0.340 e. The van der Waals surface area contributed by atoms with Crippen molar-refractivity contribution in [1.29, 1.82) is 0 Å². The molecule has 0 atom stereocenters. The van der Waals surface area contributed by atoms with Gasteiger partial charge in [-0.1, -0.05) is 25.1 Å². The van der Waals surface area contributed by atoms with Gasteiger partial charge in [-0.3, -0.25) is 14.9 Å². The zero-order valence-corrected chi connectivity index (χ0v) is 13.6. The maximum absolute atomic E-state index is 12.4. The summed E-state index contributed by atoms with van der Waals surface area (Å²) in [6, 6.07) is 6.05. The van der Waals surface area contributed by atoms with Crippen molar-refractivity contribution in [2.75, 3.05) is 13.6 Å². The van der Waals surface area contributed by atoms with Crippen molar-refractivity contribution in [2.45, 2.75) is 20.8 Å². The van der Waals surface area contributed by atoms with Gasteiger partial charge in [0, 0.05) is 25.7 Å². The van der Waals surface area contributed by atoms with Crippen molar-refractivity contribution < 1.29 is 9.72 Å². The van der Waals surface area contributed by atoms with Gasteiger partial charge >= 0.3 is 0 Å². The zero-order chi connectivity index (χ0) is 17.1. The summed E-state index contributed by atoms with van der Waals surface area (Å²) in [6.45, 7) is 6.38. The summed E-state index contributed by atoms with van der Waals surface area (Å²) in [5.74, 6) is 0.129. The third kappa shape index (κ3) is 3.53. The minimum absolute atomic E-state index is 0.0396. The van der Waals surface area contributed by atoms with Crippen molar-refractivity contribution in [1.82, 2.24) is 19.9 Å². The summed E-state index contributed by atoms with van der Waals surface area (Å²) in [5.41, 5.74) is 1.25. The zero-order valence-electron chi connectivity index (χ0n) is 13.6. The average Bonchev–Trinajstić information content (AvgIpc) is 2.87. The molecule has 2 aromatic rings. The second kappa shape index (κ2) is 6.55. The predicted molar refractivity (Wildman–Crippen MR) is 84.5 cm³/mol. The Kier molecular flexibility index (Phi) is 4.73. The van der Waals surface area contributed by atoms with E-state index < -0.39 is 4.92 Å². The first-order chi connectivity index (χ1) is 10.8. The van der Waals surface area contributed by atoms with E-state index in [1.165, 1.54) is 16.8 Å². The van der Waals surface area contributed by atoms with E-state index in [-0.39, 0.29) is 17.3 Å². The van der Waals surface area contributed by atoms with Crippen LogP contribution in [0.4, 0.5) is 5.69 Å². The number of amides is 1. The number of nitrogens with zero attached hydrogens (tertiary/aromatic N) is 5. The number of carbonyl (C=O) groups is 1. The van der Waals surface area contributed by atoms with Crippen LogP contribution in [-0.4, -0.2) is 44.3 Å². The third-order valence-corrected chi connectivity index (χ3v) is 3.37. The molecule has 0 saturated carbocycles. The van der Waals surface area contributed by atoms with E-state index >= 15 is 0 Å². The molecular weight excluding hydrogens is 298 g/mol. The van der Waals surface area contributed by atoms with Crippen LogP contribution in [0.25, 0.3) is 5.69 Å². The number of nitro groups is 1. The second-order valence-electron chi connectivity index (χ2n) is 5.79. The van der Waals surface area contributed by atoms with Crippen LogP contribution < -0.4 is 0 Å². The van der Waals surface area contributed by atoms with Gasteiger partial charge in [-0.05, 0) is 18.9 Å². The molecule has 1 amide bonds. The van der Waals surface area contributed by atoms with Crippen LogP contribution in [0.5, 0.6) is 0 Å². The molecule has 0 spiro atoms. The monoisotopic (exact) mass is 317 g/mol. The van der Waals surface area contributed by atoms with Crippen LogP contribution in [-0.2, 0) is 0 Å². The molecule has 0 bridgehead atoms. The Labute approximate surface area is 133 Å². The highest BCUT2D eigenvalue weighted by molar-refractivity contribution is 5.93. The molecule has 8 heteroatoms. The van der Waals surface area contributed by atoms with Gasteiger partial charge in [0.2, 0.25) is 0 Å². The summed E-state index contributed by atoms with van der Waals surface area (Å²) < 4.78 is 1.43. The highest BCUT2D eigenvalue weighted by atomic mass is 16.6. The highest BCUT2D eigenvalue weighted by Crippen LogP contribution is 2.19. The van der Waals surface area contributed by atoms with Gasteiger partial charge in [0.25, 0.3) is 11.6 Å². The predicted octanol–water partition coefficient (Wildman–Crippen LogP) is 2.21. The summed E-state index contributed by atoms with van der Waals surface area (Å²) in [5, 5.41) is 18.8. The Morgan fingerprint density at radius 3 is 2.74 bits per heavy atom. The molecule has 0 radical (unpaired) electrons. The van der Waals surface area contributed by atoms with Crippen molar-refractivity contribution in [3.8, 4) is 5.69 Å². The smallest absolute Gasteiger partial charge is 0.276 e. The van der Waals surface area contributed by atoms with Crippen molar-refractivity contribution in [2.24, 2.45) is 5.92 Å². The van der Waals surface area contributed by atoms with Crippen molar-refractivity contribution in [3.63, 3.8) is 0 Å². The SMILES string of the molecule is Cc1c(C(=O)N(C)CC(C)C)nnn1-c1cccc([N+](=O)[O-])c1. The molecule has 1 aromatic carbocycles. The Hall–Kier alpha value is -2.77. The molecule has 0 aliphatic rings. The minimum Gasteiger partial charge on any atom is -0.340 e. The van der Waals surface area contributed by atoms with E-state index in [2.05, 4.69) is 10.3 Å². The van der Waals surface area contributed by atoms with E-state index in [0.29, 0.717) is 23.8 Å². The van der Waals surface area contributed by atoms with Crippen LogP contribution >= 0.6 is 0 Å². The minimum atomic E-state index is -0.474. The van der Waals surface area contributed by atoms with Gasteiger partial charge in [0.1, 0.15) is 0 Å². The number of nitro benzene ring substituents is 1. The number of aromatic nitrogens is 3. The summed E-state index contributed by atoms with van der Waals surface area (Å²) in [6.07, 6.45) is 0. The molecule has 1 heterocycles. The molecule has 2 rings (SSSR count). The van der Waals surface area contributed by atoms with E-state index in [4.69, 9.17) is 0 Å². The van der Waals surface area contributed by atoms with Crippen LogP contribution in [0.1, 0.15) is 30.0 Å². The normalized spacial score (nSPS) is 10.8. The summed E-state index contributed by atoms with van der Waals surface area (Å²) in [4.78, 5) is 24.4. The lowest BCUT2D eigenvalue weighted by molar-refractivity contribution is -0.384. The topological polar surface area (TPSA) is 94.2 Å². The van der Waals surface area contributed by atoms with Crippen LogP contribution in [0.2, 0.25) is 0 Å². The van der Waals surface area contributed by atoms with Gasteiger partial charge < -0.3 is 4.90 Å². The molecule has 122 valence electrons. The fourth-order valence-corrected chi connectivity index (χ4v) is 2.32. The maximum atomic E-state index is 12.4. The first kappa shape index (κ1) is 16.6. The first-order valence-corrected chi connectivity index (χ1v) is 7.24. The molecule has 0 N–H and O–H groups in total. The maximum Gasteiger partial charge on any atom is 0.276 e. The molecule has 8 nitrogen and oxygen atoms in total. The van der Waals surface area contributed by atoms with Gasteiger partial charge in [0.15, 0.2) is 5.69 Å². The van der Waals surface area contributed by atoms with Crippen molar-refractivity contribution in [3.05, 3.63) is 45.8 Å². The van der Waals surface area contributed by atoms with Gasteiger partial charge in [-0.2, -0.15) is 0 Å². The van der Waals surface area contributed by atoms with E-state index in [1.807, 2.05) is 13.8 Å². The van der Waals surface area contributed by atoms with E-state index in [0.717, 1.165) is 0 Å². The van der Waals surface area contributed by atoms with E-state index in [1.54, 1.807) is 31.0 Å². The molecule has 0 fully saturated rings. The van der Waals surface area contributed by atoms with E-state index in [9.17, 15) is 14.9 Å². The molecule has 0 saturated heterocycles. The fourth-order valence-electron chi connectivity index (χ4n) is 2.32. The van der Waals surface area contributed by atoms with Crippen molar-refractivity contribution >= 4 is 11.6 Å². The summed E-state index contributed by atoms with van der Waals surface area (Å²) >= 11 is 0. The first-order valence-electron chi connectivity index (χ1n) is 7.24. The Morgan fingerprint density at radius 2 is 2.13 bits per heavy atom. The lowest BCUT2D eigenvalue weighted by Crippen LogP contribution is -2.31. The van der Waals surface area contributed by atoms with Crippen LogP contribution in [0.15, 0.2) is 24.3 Å². The quantitative estimate of drug-likeness (QED) is 0.622. The van der Waals surface area contributed by atoms with Gasteiger partial charge in [-0.25, -0.2) is 4.68 Å². The second-order valence-corrected chi connectivity index (χ2v) is 5.79. The molecule has 0 aliphatic carbocycles. The molecule has 0 aliphatic heterocycles. The number of hydrogen-bond donors (Lipinski definition) is 0. The number of rotatable bonds is 5. The van der Waals surface area contributed by atoms with Gasteiger partial charge in [0.05, 0.1) is 16.3 Å². The molecule has 23 heavy (non-hydrogen) atoms. The lowest BCUT2D eigenvalue weighted by Gasteiger charge is -2.18. The summed E-state index contributed by atoms with van der Waals surface area (Å²) in [7, 11) is 1.72. The lowest BCUT2D eigenvalue weighted by atomic mass is 10.2. The number of benzene rings is 1. The Bertz CT molecular complexity index is 738. The Morgan fingerprint density at radius 1 is 1.43 bits per heavy atom. The van der Waals surface area contributed by atoms with Crippen LogP contribution in [0, 0.1) is 23.0 Å². The van der Waals surface area contributed by atoms with Gasteiger partial charge in [-0.15, -0.1) is 5.10 Å². The number of hydrogen-bond acceptors (Lipinski definition) is 5. The fraction of sp³-hybridized carbons (Fsp3) is 0.400. The molecular formula is C15H19N5O3. The number of carbonyl (C=O) groups excluding carboxylic acids is 1.